The molecule has 1 heterocycles. The summed E-state index contributed by atoms with van der Waals surface area (Å²) in [6.45, 7) is 2.14. The van der Waals surface area contributed by atoms with Crippen LogP contribution in [0, 0.1) is 6.92 Å². The van der Waals surface area contributed by atoms with Gasteiger partial charge in [-0.25, -0.2) is 9.67 Å². The van der Waals surface area contributed by atoms with Gasteiger partial charge in [0.2, 0.25) is 5.82 Å². The van der Waals surface area contributed by atoms with Crippen molar-refractivity contribution in [3.63, 3.8) is 0 Å². The first-order valence-corrected chi connectivity index (χ1v) is 8.14. The first-order chi connectivity index (χ1) is 12.5. The molecule has 0 saturated heterocycles. The Morgan fingerprint density at radius 3 is 2.73 bits per heavy atom. The molecule has 1 amide bonds. The molecular weight excluding hydrogens is 332 g/mol. The van der Waals surface area contributed by atoms with Crippen LogP contribution >= 0.6 is 0 Å². The van der Waals surface area contributed by atoms with Crippen molar-refractivity contribution in [1.29, 1.82) is 0 Å². The van der Waals surface area contributed by atoms with E-state index in [1.54, 1.807) is 37.4 Å². The predicted octanol–water partition coefficient (Wildman–Crippen LogP) is 2.58. The van der Waals surface area contributed by atoms with Crippen LogP contribution in [0.25, 0.3) is 0 Å². The number of hydrogen-bond donors (Lipinski definition) is 2. The Kier molecular flexibility index (Phi) is 5.28. The maximum absolute atomic E-state index is 12.2. The minimum absolute atomic E-state index is 0.0495. The number of carbonyl (C=O) groups is 1. The van der Waals surface area contributed by atoms with Crippen LogP contribution in [0.15, 0.2) is 54.9 Å². The van der Waals surface area contributed by atoms with Gasteiger partial charge in [0.1, 0.15) is 12.1 Å². The van der Waals surface area contributed by atoms with E-state index in [4.69, 9.17) is 4.74 Å². The fourth-order valence-corrected chi connectivity index (χ4v) is 2.51. The summed E-state index contributed by atoms with van der Waals surface area (Å²) in [6, 6.07) is 14.6. The molecule has 0 bridgehead atoms. The lowest BCUT2D eigenvalue weighted by Crippen LogP contribution is -2.15. The Morgan fingerprint density at radius 1 is 1.27 bits per heavy atom. The Labute approximate surface area is 151 Å². The second kappa shape index (κ2) is 7.79. The van der Waals surface area contributed by atoms with Crippen molar-refractivity contribution in [2.24, 2.45) is 0 Å². The van der Waals surface area contributed by atoms with E-state index in [9.17, 15) is 9.90 Å². The maximum Gasteiger partial charge on any atom is 0.295 e. The lowest BCUT2D eigenvalue weighted by atomic mass is 10.1. The molecule has 3 aromatic rings. The topological polar surface area (TPSA) is 89.3 Å². The van der Waals surface area contributed by atoms with Crippen LogP contribution in [0.4, 0.5) is 5.69 Å². The molecule has 0 aliphatic carbocycles. The van der Waals surface area contributed by atoms with E-state index in [1.165, 1.54) is 11.0 Å². The standard InChI is InChI=1S/C19H20N4O3/c1-13-4-3-5-15(10-13)21-19(25)18-20-12-23(22-18)11-17(24)14-6-8-16(26-2)9-7-14/h3-10,12,17,24H,11H2,1-2H3,(H,21,25)/t17-/m1/s1. The van der Waals surface area contributed by atoms with E-state index in [2.05, 4.69) is 15.4 Å². The minimum Gasteiger partial charge on any atom is -0.497 e. The number of nitrogens with one attached hydrogen (secondary N) is 1. The highest BCUT2D eigenvalue weighted by Crippen LogP contribution is 2.18. The van der Waals surface area contributed by atoms with Gasteiger partial charge in [-0.15, -0.1) is 5.10 Å². The van der Waals surface area contributed by atoms with E-state index in [-0.39, 0.29) is 12.4 Å². The number of nitrogens with zero attached hydrogens (tertiary/aromatic N) is 3. The Balaban J connectivity index is 1.64. The summed E-state index contributed by atoms with van der Waals surface area (Å²) in [6.07, 6.45) is 0.660. The molecule has 2 N–H and O–H groups in total. The molecule has 0 spiro atoms. The van der Waals surface area contributed by atoms with Gasteiger partial charge in [-0.3, -0.25) is 4.79 Å². The van der Waals surface area contributed by atoms with Gasteiger partial charge in [-0.1, -0.05) is 24.3 Å². The molecule has 0 aliphatic heterocycles. The molecule has 1 aromatic heterocycles. The zero-order chi connectivity index (χ0) is 18.5. The van der Waals surface area contributed by atoms with Crippen molar-refractivity contribution in [3.05, 3.63) is 71.8 Å². The zero-order valence-electron chi connectivity index (χ0n) is 14.6. The summed E-state index contributed by atoms with van der Waals surface area (Å²) in [5, 5.41) is 17.2. The lowest BCUT2D eigenvalue weighted by molar-refractivity contribution is 0.101. The van der Waals surface area contributed by atoms with Gasteiger partial charge >= 0.3 is 0 Å². The van der Waals surface area contributed by atoms with Crippen molar-refractivity contribution in [2.45, 2.75) is 19.6 Å². The van der Waals surface area contributed by atoms with E-state index in [0.717, 1.165) is 16.9 Å². The SMILES string of the molecule is COc1ccc([C@H](O)Cn2cnc(C(=O)Nc3cccc(C)c3)n2)cc1. The number of methoxy groups -OCH3 is 1. The van der Waals surface area contributed by atoms with Gasteiger partial charge in [-0.2, -0.15) is 0 Å². The van der Waals surface area contributed by atoms with Crippen LogP contribution in [0.3, 0.4) is 0 Å². The van der Waals surface area contributed by atoms with Crippen LogP contribution in [-0.4, -0.2) is 32.9 Å². The minimum atomic E-state index is -0.768. The molecule has 3 rings (SSSR count). The van der Waals surface area contributed by atoms with Crippen molar-refractivity contribution in [1.82, 2.24) is 14.8 Å². The maximum atomic E-state index is 12.2. The van der Waals surface area contributed by atoms with Crippen LogP contribution in [-0.2, 0) is 6.54 Å². The normalized spacial score (nSPS) is 11.8. The third kappa shape index (κ3) is 4.25. The van der Waals surface area contributed by atoms with E-state index in [1.807, 2.05) is 25.1 Å². The molecular formula is C19H20N4O3. The number of aryl methyl sites for hydroxylation is 1. The van der Waals surface area contributed by atoms with Crippen LogP contribution in [0.1, 0.15) is 27.8 Å². The van der Waals surface area contributed by atoms with E-state index < -0.39 is 12.0 Å². The third-order valence-electron chi connectivity index (χ3n) is 3.88. The second-order valence-electron chi connectivity index (χ2n) is 5.90. The Morgan fingerprint density at radius 2 is 2.04 bits per heavy atom. The highest BCUT2D eigenvalue weighted by atomic mass is 16.5. The lowest BCUT2D eigenvalue weighted by Gasteiger charge is -2.11. The fourth-order valence-electron chi connectivity index (χ4n) is 2.51. The zero-order valence-corrected chi connectivity index (χ0v) is 14.6. The van der Waals surface area contributed by atoms with Crippen LogP contribution in [0.5, 0.6) is 5.75 Å². The molecule has 0 unspecified atom stereocenters. The highest BCUT2D eigenvalue weighted by Gasteiger charge is 2.14. The van der Waals surface area contributed by atoms with Crippen LogP contribution < -0.4 is 10.1 Å². The summed E-state index contributed by atoms with van der Waals surface area (Å²) >= 11 is 0. The first kappa shape index (κ1) is 17.6. The van der Waals surface area contributed by atoms with Gasteiger partial charge in [0, 0.05) is 5.69 Å². The number of aliphatic hydroxyl groups excluding tert-OH is 1. The fraction of sp³-hybridized carbons (Fsp3) is 0.211. The van der Waals surface area contributed by atoms with Crippen LogP contribution in [0.2, 0.25) is 0 Å². The van der Waals surface area contributed by atoms with E-state index >= 15 is 0 Å². The second-order valence-corrected chi connectivity index (χ2v) is 5.90. The number of hydrogen-bond acceptors (Lipinski definition) is 5. The van der Waals surface area contributed by atoms with Gasteiger partial charge < -0.3 is 15.2 Å². The summed E-state index contributed by atoms with van der Waals surface area (Å²) in [5.74, 6) is 0.374. The largest absolute Gasteiger partial charge is 0.497 e. The molecule has 7 heteroatoms. The highest BCUT2D eigenvalue weighted by molar-refractivity contribution is 6.01. The monoisotopic (exact) mass is 352 g/mol. The molecule has 2 aromatic carbocycles. The third-order valence-corrected chi connectivity index (χ3v) is 3.88. The number of benzene rings is 2. The molecule has 134 valence electrons. The van der Waals surface area contributed by atoms with Gasteiger partial charge in [0.25, 0.3) is 5.91 Å². The summed E-state index contributed by atoms with van der Waals surface area (Å²) in [5.41, 5.74) is 2.46. The van der Waals surface area contributed by atoms with Crippen molar-refractivity contribution in [3.8, 4) is 5.75 Å². The predicted molar refractivity (Wildman–Crippen MR) is 97.1 cm³/mol. The van der Waals surface area contributed by atoms with Crippen molar-refractivity contribution in [2.75, 3.05) is 12.4 Å². The number of amides is 1. The van der Waals surface area contributed by atoms with Gasteiger partial charge in [0.05, 0.1) is 19.8 Å². The Bertz CT molecular complexity index is 890. The van der Waals surface area contributed by atoms with E-state index in [0.29, 0.717) is 5.69 Å². The quantitative estimate of drug-likeness (QED) is 0.712. The number of rotatable bonds is 6. The Hall–Kier alpha value is -3.19. The number of carbonyl (C=O) groups excluding carboxylic acids is 1. The van der Waals surface area contributed by atoms with Crippen molar-refractivity contribution >= 4 is 11.6 Å². The number of ether oxygens (including phenoxy) is 1. The molecule has 0 saturated carbocycles. The molecule has 0 fully saturated rings. The molecule has 0 aliphatic rings. The van der Waals surface area contributed by atoms with Gasteiger partial charge in [-0.05, 0) is 42.3 Å². The summed E-state index contributed by atoms with van der Waals surface area (Å²) < 4.78 is 6.54. The smallest absolute Gasteiger partial charge is 0.295 e. The molecule has 1 atom stereocenters. The first-order valence-electron chi connectivity index (χ1n) is 8.14. The summed E-state index contributed by atoms with van der Waals surface area (Å²) in [4.78, 5) is 16.3. The van der Waals surface area contributed by atoms with Crippen molar-refractivity contribution < 1.29 is 14.6 Å². The number of aromatic nitrogens is 3. The number of anilines is 1. The average molecular weight is 352 g/mol. The molecule has 7 nitrogen and oxygen atoms in total. The molecule has 26 heavy (non-hydrogen) atoms. The summed E-state index contributed by atoms with van der Waals surface area (Å²) in [7, 11) is 1.59. The number of aliphatic hydroxyl groups is 1. The van der Waals surface area contributed by atoms with Gasteiger partial charge in [0.15, 0.2) is 0 Å². The average Bonchev–Trinajstić information content (AvgIpc) is 3.10. The molecule has 0 radical (unpaired) electrons.